The maximum Gasteiger partial charge on any atom is 0.247 e. The van der Waals surface area contributed by atoms with Crippen molar-refractivity contribution in [3.05, 3.63) is 41.6 Å². The fourth-order valence-electron chi connectivity index (χ4n) is 2.79. The lowest BCUT2D eigenvalue weighted by Gasteiger charge is -2.29. The zero-order valence-electron chi connectivity index (χ0n) is 12.7. The monoisotopic (exact) mass is 283 g/mol. The molecule has 1 aromatic carbocycles. The fourth-order valence-corrected chi connectivity index (χ4v) is 2.79. The third-order valence-electron chi connectivity index (χ3n) is 4.04. The zero-order valence-corrected chi connectivity index (χ0v) is 12.7. The van der Waals surface area contributed by atoms with Crippen LogP contribution in [0.2, 0.25) is 0 Å². The van der Waals surface area contributed by atoms with Crippen molar-refractivity contribution in [2.45, 2.75) is 26.8 Å². The fraction of sp³-hybridized carbons (Fsp3) is 0.438. The molecular weight excluding hydrogens is 262 g/mol. The van der Waals surface area contributed by atoms with Crippen LogP contribution in [0, 0.1) is 0 Å². The van der Waals surface area contributed by atoms with E-state index in [0.29, 0.717) is 0 Å². The Morgan fingerprint density at radius 3 is 2.67 bits per heavy atom. The smallest absolute Gasteiger partial charge is 0.247 e. The second-order valence-corrected chi connectivity index (χ2v) is 5.23. The summed E-state index contributed by atoms with van der Waals surface area (Å²) < 4.78 is 0. The Labute approximate surface area is 125 Å². The van der Waals surface area contributed by atoms with Crippen molar-refractivity contribution < 1.29 is 0 Å². The molecule has 0 radical (unpaired) electrons. The third-order valence-corrected chi connectivity index (χ3v) is 4.04. The first kappa shape index (κ1) is 13.8. The molecule has 2 heterocycles. The number of fused-ring (bicyclic) bond motifs is 1. The molecule has 1 aliphatic heterocycles. The minimum Gasteiger partial charge on any atom is -0.356 e. The standard InChI is InChI=1S/C16H21N5/c1-3-20(4-2)15-11-17-19-16(18-15)21-10-9-13-7-5-6-8-14(13)12-21/h5-8,11H,3-4,9-10,12H2,1-2H3. The first-order chi connectivity index (χ1) is 10.3. The summed E-state index contributed by atoms with van der Waals surface area (Å²) in [5.74, 6) is 1.64. The second kappa shape index (κ2) is 6.08. The lowest BCUT2D eigenvalue weighted by molar-refractivity contribution is 0.692. The molecule has 0 fully saturated rings. The van der Waals surface area contributed by atoms with Gasteiger partial charge in [-0.2, -0.15) is 10.1 Å². The highest BCUT2D eigenvalue weighted by Crippen LogP contribution is 2.22. The van der Waals surface area contributed by atoms with E-state index < -0.39 is 0 Å². The molecule has 0 unspecified atom stereocenters. The van der Waals surface area contributed by atoms with Gasteiger partial charge >= 0.3 is 0 Å². The number of nitrogens with zero attached hydrogens (tertiary/aromatic N) is 5. The summed E-state index contributed by atoms with van der Waals surface area (Å²) in [5, 5.41) is 8.36. The lowest BCUT2D eigenvalue weighted by Crippen LogP contribution is -2.32. The van der Waals surface area contributed by atoms with E-state index in [4.69, 9.17) is 0 Å². The molecule has 5 heteroatoms. The van der Waals surface area contributed by atoms with Gasteiger partial charge in [-0.25, -0.2) is 0 Å². The van der Waals surface area contributed by atoms with E-state index in [-0.39, 0.29) is 0 Å². The van der Waals surface area contributed by atoms with E-state index in [9.17, 15) is 0 Å². The molecule has 0 N–H and O–H groups in total. The van der Waals surface area contributed by atoms with E-state index in [1.54, 1.807) is 6.20 Å². The largest absolute Gasteiger partial charge is 0.356 e. The van der Waals surface area contributed by atoms with Crippen LogP contribution in [0.4, 0.5) is 11.8 Å². The summed E-state index contributed by atoms with van der Waals surface area (Å²) in [6, 6.07) is 8.59. The molecule has 0 aliphatic carbocycles. The predicted octanol–water partition coefficient (Wildman–Crippen LogP) is 2.28. The number of rotatable bonds is 4. The van der Waals surface area contributed by atoms with Crippen LogP contribution in [0.5, 0.6) is 0 Å². The maximum atomic E-state index is 4.69. The predicted molar refractivity (Wildman–Crippen MR) is 84.6 cm³/mol. The van der Waals surface area contributed by atoms with Gasteiger partial charge in [0.15, 0.2) is 5.82 Å². The molecule has 0 saturated heterocycles. The van der Waals surface area contributed by atoms with Gasteiger partial charge in [-0.05, 0) is 31.4 Å². The Morgan fingerprint density at radius 2 is 1.90 bits per heavy atom. The number of anilines is 2. The van der Waals surface area contributed by atoms with Gasteiger partial charge in [0.25, 0.3) is 0 Å². The van der Waals surface area contributed by atoms with Gasteiger partial charge in [0, 0.05) is 26.2 Å². The summed E-state index contributed by atoms with van der Waals surface area (Å²) in [4.78, 5) is 9.09. The number of aromatic nitrogens is 3. The van der Waals surface area contributed by atoms with Crippen molar-refractivity contribution in [2.75, 3.05) is 29.4 Å². The maximum absolute atomic E-state index is 4.69. The van der Waals surface area contributed by atoms with Crippen molar-refractivity contribution >= 4 is 11.8 Å². The number of hydrogen-bond acceptors (Lipinski definition) is 5. The molecule has 2 aromatic rings. The first-order valence-electron chi connectivity index (χ1n) is 7.58. The minimum absolute atomic E-state index is 0.730. The van der Waals surface area contributed by atoms with Crippen LogP contribution in [0.3, 0.4) is 0 Å². The molecule has 5 nitrogen and oxygen atoms in total. The molecule has 0 bridgehead atoms. The highest BCUT2D eigenvalue weighted by Gasteiger charge is 2.19. The van der Waals surface area contributed by atoms with Gasteiger partial charge in [0.05, 0.1) is 6.20 Å². The van der Waals surface area contributed by atoms with Crippen LogP contribution < -0.4 is 9.80 Å². The topological polar surface area (TPSA) is 45.2 Å². The summed E-state index contributed by atoms with van der Waals surface area (Å²) in [5.41, 5.74) is 2.79. The van der Waals surface area contributed by atoms with Crippen LogP contribution in [0.1, 0.15) is 25.0 Å². The SMILES string of the molecule is CCN(CC)c1cnnc(N2CCc3ccccc3C2)n1. The average Bonchev–Trinajstić information content (AvgIpc) is 2.56. The van der Waals surface area contributed by atoms with Crippen molar-refractivity contribution in [3.63, 3.8) is 0 Å². The normalized spacial score (nSPS) is 13.9. The average molecular weight is 283 g/mol. The number of hydrogen-bond donors (Lipinski definition) is 0. The third kappa shape index (κ3) is 2.82. The van der Waals surface area contributed by atoms with Crippen LogP contribution in [-0.2, 0) is 13.0 Å². The molecule has 21 heavy (non-hydrogen) atoms. The summed E-state index contributed by atoms with van der Waals surface area (Å²) >= 11 is 0. The van der Waals surface area contributed by atoms with Crippen molar-refractivity contribution in [1.82, 2.24) is 15.2 Å². The van der Waals surface area contributed by atoms with E-state index in [1.807, 2.05) is 0 Å². The Bertz CT molecular complexity index is 609. The van der Waals surface area contributed by atoms with Crippen molar-refractivity contribution in [2.24, 2.45) is 0 Å². The van der Waals surface area contributed by atoms with Crippen LogP contribution in [0.25, 0.3) is 0 Å². The highest BCUT2D eigenvalue weighted by molar-refractivity contribution is 5.44. The Morgan fingerprint density at radius 1 is 1.14 bits per heavy atom. The molecule has 0 spiro atoms. The summed E-state index contributed by atoms with van der Waals surface area (Å²) in [6.45, 7) is 7.92. The minimum atomic E-state index is 0.730. The molecular formula is C16H21N5. The summed E-state index contributed by atoms with van der Waals surface area (Å²) in [7, 11) is 0. The van der Waals surface area contributed by atoms with E-state index >= 15 is 0 Å². The highest BCUT2D eigenvalue weighted by atomic mass is 15.3. The van der Waals surface area contributed by atoms with Gasteiger partial charge < -0.3 is 9.80 Å². The van der Waals surface area contributed by atoms with Crippen LogP contribution in [-0.4, -0.2) is 34.8 Å². The summed E-state index contributed by atoms with van der Waals surface area (Å²) in [6.07, 6.45) is 2.78. The van der Waals surface area contributed by atoms with Crippen LogP contribution in [0.15, 0.2) is 30.5 Å². The quantitative estimate of drug-likeness (QED) is 0.861. The van der Waals surface area contributed by atoms with Gasteiger partial charge in [0.2, 0.25) is 5.95 Å². The van der Waals surface area contributed by atoms with Gasteiger partial charge in [-0.15, -0.1) is 5.10 Å². The molecule has 1 aromatic heterocycles. The molecule has 1 aliphatic rings. The van der Waals surface area contributed by atoms with Crippen molar-refractivity contribution in [1.29, 1.82) is 0 Å². The molecule has 0 saturated carbocycles. The molecule has 0 atom stereocenters. The van der Waals surface area contributed by atoms with E-state index in [1.165, 1.54) is 11.1 Å². The van der Waals surface area contributed by atoms with Gasteiger partial charge in [0.1, 0.15) is 0 Å². The van der Waals surface area contributed by atoms with Gasteiger partial charge in [-0.3, -0.25) is 0 Å². The Hall–Kier alpha value is -2.17. The first-order valence-corrected chi connectivity index (χ1v) is 7.58. The molecule has 0 amide bonds. The van der Waals surface area contributed by atoms with E-state index in [2.05, 4.69) is 63.1 Å². The van der Waals surface area contributed by atoms with E-state index in [0.717, 1.165) is 44.4 Å². The molecule has 110 valence electrons. The number of benzene rings is 1. The zero-order chi connectivity index (χ0) is 14.7. The molecule has 3 rings (SSSR count). The Balaban J connectivity index is 1.84. The Kier molecular flexibility index (Phi) is 3.99. The van der Waals surface area contributed by atoms with Crippen molar-refractivity contribution in [3.8, 4) is 0 Å². The van der Waals surface area contributed by atoms with Crippen LogP contribution >= 0.6 is 0 Å². The van der Waals surface area contributed by atoms with Gasteiger partial charge in [-0.1, -0.05) is 24.3 Å². The lowest BCUT2D eigenvalue weighted by atomic mass is 10.0. The second-order valence-electron chi connectivity index (χ2n) is 5.23.